The highest BCUT2D eigenvalue weighted by atomic mass is 15.3. The number of piperazine rings is 1. The molecule has 2 rings (SSSR count). The van der Waals surface area contributed by atoms with Gasteiger partial charge in [-0.15, -0.1) is 5.10 Å². The first kappa shape index (κ1) is 15.2. The molecule has 1 aliphatic rings. The van der Waals surface area contributed by atoms with Crippen LogP contribution in [0.4, 0.5) is 5.82 Å². The molecule has 1 aromatic heterocycles. The molecule has 1 aliphatic heterocycles. The minimum Gasteiger partial charge on any atom is -0.351 e. The molecule has 1 aromatic rings. The Morgan fingerprint density at radius 3 is 2.29 bits per heavy atom. The van der Waals surface area contributed by atoms with Crippen molar-refractivity contribution >= 4 is 5.82 Å². The van der Waals surface area contributed by atoms with Gasteiger partial charge < -0.3 is 4.90 Å². The fourth-order valence-electron chi connectivity index (χ4n) is 2.72. The summed E-state index contributed by atoms with van der Waals surface area (Å²) >= 11 is 0. The SMILES string of the molecule is CCc1nnc(N2CCN(CC#N)CC2)c(C#N)c1CC. The van der Waals surface area contributed by atoms with Gasteiger partial charge in [0.05, 0.1) is 18.3 Å². The highest BCUT2D eigenvalue weighted by Crippen LogP contribution is 2.24. The van der Waals surface area contributed by atoms with Crippen molar-refractivity contribution in [1.29, 1.82) is 10.5 Å². The molecule has 0 bridgehead atoms. The zero-order valence-corrected chi connectivity index (χ0v) is 12.6. The minimum absolute atomic E-state index is 0.458. The Labute approximate surface area is 125 Å². The van der Waals surface area contributed by atoms with Crippen molar-refractivity contribution in [3.05, 3.63) is 16.8 Å². The Hall–Kier alpha value is -2.18. The van der Waals surface area contributed by atoms with Crippen molar-refractivity contribution in [2.45, 2.75) is 26.7 Å². The van der Waals surface area contributed by atoms with Crippen LogP contribution in [0.1, 0.15) is 30.7 Å². The number of aryl methyl sites for hydroxylation is 1. The number of hydrogen-bond acceptors (Lipinski definition) is 6. The third-order valence-corrected chi connectivity index (χ3v) is 3.91. The summed E-state index contributed by atoms with van der Waals surface area (Å²) in [5.41, 5.74) is 2.60. The molecule has 0 saturated carbocycles. The van der Waals surface area contributed by atoms with Gasteiger partial charge in [-0.25, -0.2) is 0 Å². The molecule has 0 aliphatic carbocycles. The highest BCUT2D eigenvalue weighted by Gasteiger charge is 2.23. The lowest BCUT2D eigenvalue weighted by Gasteiger charge is -2.34. The lowest BCUT2D eigenvalue weighted by atomic mass is 10.0. The Morgan fingerprint density at radius 2 is 1.76 bits per heavy atom. The fraction of sp³-hybridized carbons (Fsp3) is 0.600. The largest absolute Gasteiger partial charge is 0.351 e. The molecule has 0 spiro atoms. The second-order valence-electron chi connectivity index (χ2n) is 5.06. The third kappa shape index (κ3) is 3.12. The molecule has 110 valence electrons. The van der Waals surface area contributed by atoms with E-state index in [2.05, 4.69) is 32.1 Å². The van der Waals surface area contributed by atoms with Crippen LogP contribution in [0.2, 0.25) is 0 Å². The topological polar surface area (TPSA) is 79.8 Å². The molecule has 0 atom stereocenters. The van der Waals surface area contributed by atoms with Gasteiger partial charge in [-0.1, -0.05) is 13.8 Å². The average molecular weight is 284 g/mol. The quantitative estimate of drug-likeness (QED) is 0.771. The summed E-state index contributed by atoms with van der Waals surface area (Å²) in [6, 6.07) is 4.49. The number of hydrogen-bond donors (Lipinski definition) is 0. The van der Waals surface area contributed by atoms with Gasteiger partial charge in [0, 0.05) is 26.2 Å². The summed E-state index contributed by atoms with van der Waals surface area (Å²) in [6.07, 6.45) is 1.59. The monoisotopic (exact) mass is 284 g/mol. The van der Waals surface area contributed by atoms with E-state index in [1.165, 1.54) is 0 Å². The van der Waals surface area contributed by atoms with Crippen LogP contribution in [-0.4, -0.2) is 47.8 Å². The smallest absolute Gasteiger partial charge is 0.169 e. The van der Waals surface area contributed by atoms with Gasteiger partial charge in [0.25, 0.3) is 0 Å². The summed E-state index contributed by atoms with van der Waals surface area (Å²) in [6.45, 7) is 7.73. The first-order valence-electron chi connectivity index (χ1n) is 7.37. The number of anilines is 1. The molecule has 0 aromatic carbocycles. The van der Waals surface area contributed by atoms with E-state index >= 15 is 0 Å². The van der Waals surface area contributed by atoms with Crippen molar-refractivity contribution in [1.82, 2.24) is 15.1 Å². The first-order chi connectivity index (χ1) is 10.2. The summed E-state index contributed by atoms with van der Waals surface area (Å²) in [5.74, 6) is 0.697. The van der Waals surface area contributed by atoms with Gasteiger partial charge in [-0.3, -0.25) is 4.90 Å². The van der Waals surface area contributed by atoms with Crippen molar-refractivity contribution < 1.29 is 0 Å². The summed E-state index contributed by atoms with van der Waals surface area (Å²) in [5, 5.41) is 26.9. The molecule has 1 fully saturated rings. The van der Waals surface area contributed by atoms with E-state index in [0.717, 1.165) is 50.3 Å². The normalized spacial score (nSPS) is 15.5. The zero-order valence-electron chi connectivity index (χ0n) is 12.6. The van der Waals surface area contributed by atoms with Crippen molar-refractivity contribution in [3.8, 4) is 12.1 Å². The first-order valence-corrected chi connectivity index (χ1v) is 7.37. The lowest BCUT2D eigenvalue weighted by Crippen LogP contribution is -2.47. The minimum atomic E-state index is 0.458. The van der Waals surface area contributed by atoms with Gasteiger partial charge in [0.1, 0.15) is 11.6 Å². The number of rotatable bonds is 4. The molecule has 0 unspecified atom stereocenters. The van der Waals surface area contributed by atoms with Crippen molar-refractivity contribution in [2.75, 3.05) is 37.6 Å². The van der Waals surface area contributed by atoms with E-state index in [0.29, 0.717) is 17.9 Å². The predicted octanol–water partition coefficient (Wildman–Crippen LogP) is 1.12. The maximum Gasteiger partial charge on any atom is 0.169 e. The van der Waals surface area contributed by atoms with Crippen molar-refractivity contribution in [2.24, 2.45) is 0 Å². The van der Waals surface area contributed by atoms with Crippen LogP contribution in [0.5, 0.6) is 0 Å². The highest BCUT2D eigenvalue weighted by molar-refractivity contribution is 5.58. The third-order valence-electron chi connectivity index (χ3n) is 3.91. The molecule has 0 N–H and O–H groups in total. The van der Waals surface area contributed by atoms with Crippen LogP contribution in [0.25, 0.3) is 0 Å². The molecule has 0 radical (unpaired) electrons. The van der Waals surface area contributed by atoms with Crippen molar-refractivity contribution in [3.63, 3.8) is 0 Å². The van der Waals surface area contributed by atoms with E-state index in [1.807, 2.05) is 13.8 Å². The summed E-state index contributed by atoms with van der Waals surface area (Å²) < 4.78 is 0. The number of nitrogens with zero attached hydrogens (tertiary/aromatic N) is 6. The Bertz CT molecular complexity index is 575. The van der Waals surface area contributed by atoms with Crippen LogP contribution in [0.3, 0.4) is 0 Å². The van der Waals surface area contributed by atoms with Crippen LogP contribution in [0.15, 0.2) is 0 Å². The maximum absolute atomic E-state index is 9.52. The van der Waals surface area contributed by atoms with Gasteiger partial charge in [0.15, 0.2) is 5.82 Å². The van der Waals surface area contributed by atoms with Gasteiger partial charge in [0.2, 0.25) is 0 Å². The zero-order chi connectivity index (χ0) is 15.2. The van der Waals surface area contributed by atoms with Crippen LogP contribution in [-0.2, 0) is 12.8 Å². The Kier molecular flexibility index (Phi) is 5.08. The lowest BCUT2D eigenvalue weighted by molar-refractivity contribution is 0.286. The Balaban J connectivity index is 2.26. The Morgan fingerprint density at radius 1 is 1.05 bits per heavy atom. The maximum atomic E-state index is 9.52. The molecule has 0 amide bonds. The number of aromatic nitrogens is 2. The van der Waals surface area contributed by atoms with E-state index in [-0.39, 0.29) is 0 Å². The second kappa shape index (κ2) is 7.01. The van der Waals surface area contributed by atoms with E-state index in [9.17, 15) is 5.26 Å². The summed E-state index contributed by atoms with van der Waals surface area (Å²) in [4.78, 5) is 4.22. The summed E-state index contributed by atoms with van der Waals surface area (Å²) in [7, 11) is 0. The molecular weight excluding hydrogens is 264 g/mol. The van der Waals surface area contributed by atoms with E-state index in [4.69, 9.17) is 5.26 Å². The number of nitriles is 2. The predicted molar refractivity (Wildman–Crippen MR) is 79.8 cm³/mol. The molecular formula is C15H20N6. The molecule has 1 saturated heterocycles. The molecule has 6 heteroatoms. The van der Waals surface area contributed by atoms with Gasteiger partial charge >= 0.3 is 0 Å². The average Bonchev–Trinajstić information content (AvgIpc) is 2.54. The van der Waals surface area contributed by atoms with E-state index < -0.39 is 0 Å². The van der Waals surface area contributed by atoms with Crippen LogP contribution < -0.4 is 4.90 Å². The van der Waals surface area contributed by atoms with Crippen LogP contribution >= 0.6 is 0 Å². The van der Waals surface area contributed by atoms with Gasteiger partial charge in [-0.05, 0) is 18.4 Å². The molecule has 21 heavy (non-hydrogen) atoms. The van der Waals surface area contributed by atoms with Gasteiger partial charge in [-0.2, -0.15) is 15.6 Å². The molecule has 2 heterocycles. The van der Waals surface area contributed by atoms with Crippen LogP contribution in [0, 0.1) is 22.7 Å². The second-order valence-corrected chi connectivity index (χ2v) is 5.06. The standard InChI is InChI=1S/C15H20N6/c1-3-12-13(11-17)15(19-18-14(12)4-2)21-9-7-20(6-5-16)8-10-21/h3-4,6-10H2,1-2H3. The fourth-order valence-corrected chi connectivity index (χ4v) is 2.72. The van der Waals surface area contributed by atoms with E-state index in [1.54, 1.807) is 0 Å². The molecule has 6 nitrogen and oxygen atoms in total.